The fourth-order valence-corrected chi connectivity index (χ4v) is 7.71. The molecule has 0 bridgehead atoms. The molecule has 0 spiro atoms. The summed E-state index contributed by atoms with van der Waals surface area (Å²) in [6, 6.07) is 14.3. The number of aryl methyl sites for hydroxylation is 1. The van der Waals surface area contributed by atoms with Crippen molar-refractivity contribution >= 4 is 40.5 Å². The number of nitrogens with two attached hydrogens (primary N) is 1. The van der Waals surface area contributed by atoms with Gasteiger partial charge in [0.1, 0.15) is 22.9 Å². The number of esters is 1. The number of rotatable bonds is 21. The van der Waals surface area contributed by atoms with Crippen molar-refractivity contribution < 1.29 is 33.4 Å². The van der Waals surface area contributed by atoms with Crippen molar-refractivity contribution in [2.45, 2.75) is 123 Å². The standard InChI is InChI=1S/C47H65N5O7/c1-9-14-33(29-52-24-21-35-25-32(5)15-20-40(35)52)28-49-44(56)39(27-41(48)53)50-45(57)47(22-12-11-13-23-47)51-43(55)38(26-42(54)59-46(6,7)8)37(10-2)34-16-18-36(19-17-34)58-30-31(3)4/h9-10,15-21,24-25,31,33,37-39H,1-2,11-14,22-23,26-30H2,3-8H3,(H2,48,53)(H,49,56)(H,50,57)(H,51,55)/t33-,37-,38+,39+/m1/s1. The predicted molar refractivity (Wildman–Crippen MR) is 231 cm³/mol. The molecule has 4 rings (SSSR count). The minimum absolute atomic E-state index is 0.0364. The van der Waals surface area contributed by atoms with E-state index in [9.17, 15) is 24.0 Å². The molecule has 0 radical (unpaired) electrons. The fourth-order valence-electron chi connectivity index (χ4n) is 7.71. The molecule has 2 aromatic carbocycles. The highest BCUT2D eigenvalue weighted by atomic mass is 16.6. The van der Waals surface area contributed by atoms with Gasteiger partial charge in [0.25, 0.3) is 0 Å². The number of hydrogen-bond donors (Lipinski definition) is 4. The van der Waals surface area contributed by atoms with Crippen molar-refractivity contribution in [3.63, 3.8) is 0 Å². The van der Waals surface area contributed by atoms with Crippen molar-refractivity contribution in [2.24, 2.45) is 23.5 Å². The van der Waals surface area contributed by atoms with Crippen LogP contribution >= 0.6 is 0 Å². The number of nitrogens with one attached hydrogen (secondary N) is 3. The SMILES string of the molecule is C=CC[C@H](CNC(=O)[C@H](CC(N)=O)NC(=O)C1(NC(=O)[C@@H](CC(=O)OC(C)(C)C)[C@H](C=C)c2ccc(OCC(C)C)cc2)CCCCC1)Cn1ccc2cc(C)ccc21. The summed E-state index contributed by atoms with van der Waals surface area (Å²) in [5.74, 6) is -3.68. The predicted octanol–water partition coefficient (Wildman–Crippen LogP) is 6.79. The molecule has 59 heavy (non-hydrogen) atoms. The van der Waals surface area contributed by atoms with Crippen LogP contribution in [0.5, 0.6) is 5.75 Å². The lowest BCUT2D eigenvalue weighted by atomic mass is 9.78. The van der Waals surface area contributed by atoms with Crippen molar-refractivity contribution in [2.75, 3.05) is 13.2 Å². The zero-order valence-corrected chi connectivity index (χ0v) is 35.8. The Kier molecular flexibility index (Phi) is 16.5. The lowest BCUT2D eigenvalue weighted by Gasteiger charge is -2.39. The van der Waals surface area contributed by atoms with Crippen molar-refractivity contribution in [1.29, 1.82) is 0 Å². The molecule has 0 unspecified atom stereocenters. The van der Waals surface area contributed by atoms with Gasteiger partial charge in [-0.05, 0) is 100 Å². The van der Waals surface area contributed by atoms with Gasteiger partial charge in [-0.1, -0.05) is 69.0 Å². The molecule has 1 aromatic heterocycles. The minimum atomic E-state index is -1.42. The van der Waals surface area contributed by atoms with Gasteiger partial charge in [0.15, 0.2) is 0 Å². The number of nitrogens with zero attached hydrogens (tertiary/aromatic N) is 1. The van der Waals surface area contributed by atoms with E-state index in [0.29, 0.717) is 56.9 Å². The van der Waals surface area contributed by atoms with Crippen LogP contribution in [0.2, 0.25) is 0 Å². The Morgan fingerprint density at radius 2 is 1.64 bits per heavy atom. The molecule has 1 fully saturated rings. The molecule has 320 valence electrons. The monoisotopic (exact) mass is 811 g/mol. The van der Waals surface area contributed by atoms with Gasteiger partial charge in [0.05, 0.1) is 25.4 Å². The number of ether oxygens (including phenoxy) is 2. The average molecular weight is 812 g/mol. The van der Waals surface area contributed by atoms with Gasteiger partial charge < -0.3 is 35.7 Å². The Bertz CT molecular complexity index is 1940. The van der Waals surface area contributed by atoms with E-state index in [4.69, 9.17) is 15.2 Å². The second-order valence-corrected chi connectivity index (χ2v) is 17.4. The third kappa shape index (κ3) is 13.6. The first kappa shape index (κ1) is 46.3. The van der Waals surface area contributed by atoms with Gasteiger partial charge in [-0.2, -0.15) is 0 Å². The smallest absolute Gasteiger partial charge is 0.307 e. The van der Waals surface area contributed by atoms with Gasteiger partial charge in [-0.25, -0.2) is 0 Å². The first-order valence-corrected chi connectivity index (χ1v) is 20.9. The van der Waals surface area contributed by atoms with Gasteiger partial charge >= 0.3 is 5.97 Å². The van der Waals surface area contributed by atoms with Gasteiger partial charge in [0.2, 0.25) is 23.6 Å². The summed E-state index contributed by atoms with van der Waals surface area (Å²) >= 11 is 0. The summed E-state index contributed by atoms with van der Waals surface area (Å²) in [5.41, 5.74) is 6.37. The molecule has 1 saturated carbocycles. The highest BCUT2D eigenvalue weighted by Gasteiger charge is 2.45. The third-order valence-corrected chi connectivity index (χ3v) is 10.7. The van der Waals surface area contributed by atoms with Crippen molar-refractivity contribution in [1.82, 2.24) is 20.5 Å². The third-order valence-electron chi connectivity index (χ3n) is 10.7. The largest absolute Gasteiger partial charge is 0.493 e. The van der Waals surface area contributed by atoms with Crippen LogP contribution < -0.4 is 26.4 Å². The number of aromatic nitrogens is 1. The van der Waals surface area contributed by atoms with Gasteiger partial charge in [-0.3, -0.25) is 24.0 Å². The zero-order valence-electron chi connectivity index (χ0n) is 35.8. The lowest BCUT2D eigenvalue weighted by molar-refractivity contribution is -0.157. The molecule has 12 heteroatoms. The molecule has 1 aliphatic rings. The molecule has 0 aliphatic heterocycles. The van der Waals surface area contributed by atoms with E-state index in [1.165, 1.54) is 0 Å². The highest BCUT2D eigenvalue weighted by molar-refractivity contribution is 5.97. The van der Waals surface area contributed by atoms with Crippen LogP contribution in [0.25, 0.3) is 10.9 Å². The summed E-state index contributed by atoms with van der Waals surface area (Å²) in [6.45, 7) is 20.8. The van der Waals surface area contributed by atoms with Gasteiger partial charge in [-0.15, -0.1) is 13.2 Å². The summed E-state index contributed by atoms with van der Waals surface area (Å²) in [6.07, 6.45) is 8.04. The number of fused-ring (bicyclic) bond motifs is 1. The second kappa shape index (κ2) is 21.0. The normalized spacial score (nSPS) is 15.9. The number of amides is 4. The molecular formula is C47H65N5O7. The molecule has 4 atom stereocenters. The van der Waals surface area contributed by atoms with Crippen LogP contribution in [0.3, 0.4) is 0 Å². The molecule has 5 N–H and O–H groups in total. The summed E-state index contributed by atoms with van der Waals surface area (Å²) in [5, 5.41) is 9.89. The average Bonchev–Trinajstić information content (AvgIpc) is 3.56. The van der Waals surface area contributed by atoms with Crippen molar-refractivity contribution in [3.8, 4) is 5.75 Å². The van der Waals surface area contributed by atoms with E-state index in [-0.39, 0.29) is 18.9 Å². The molecule has 4 amide bonds. The lowest BCUT2D eigenvalue weighted by Crippen LogP contribution is -2.64. The maximum Gasteiger partial charge on any atom is 0.307 e. The Balaban J connectivity index is 1.55. The number of carbonyl (C=O) groups excluding carboxylic acids is 5. The number of carbonyl (C=O) groups is 5. The second-order valence-electron chi connectivity index (χ2n) is 17.4. The van der Waals surface area contributed by atoms with E-state index < -0.39 is 65.0 Å². The summed E-state index contributed by atoms with van der Waals surface area (Å²) < 4.78 is 13.7. The Morgan fingerprint density at radius 3 is 2.25 bits per heavy atom. The van der Waals surface area contributed by atoms with Crippen LogP contribution in [0.15, 0.2) is 80.0 Å². The number of benzene rings is 2. The van der Waals surface area contributed by atoms with E-state index >= 15 is 0 Å². The quantitative estimate of drug-likeness (QED) is 0.0678. The Labute approximate surface area is 349 Å². The fraction of sp³-hybridized carbons (Fsp3) is 0.511. The Hall–Kier alpha value is -5.39. The van der Waals surface area contributed by atoms with Crippen LogP contribution in [0.1, 0.15) is 103 Å². The van der Waals surface area contributed by atoms with E-state index in [1.807, 2.05) is 37.4 Å². The van der Waals surface area contributed by atoms with Crippen LogP contribution in [0.4, 0.5) is 0 Å². The summed E-state index contributed by atoms with van der Waals surface area (Å²) in [4.78, 5) is 68.4. The van der Waals surface area contributed by atoms with Crippen LogP contribution in [-0.4, -0.2) is 64.5 Å². The number of allylic oxidation sites excluding steroid dienone is 2. The molecule has 1 aliphatic carbocycles. The molecule has 1 heterocycles. The Morgan fingerprint density at radius 1 is 0.949 bits per heavy atom. The van der Waals surface area contributed by atoms with Gasteiger partial charge in [0, 0.05) is 30.7 Å². The topological polar surface area (TPSA) is 171 Å². The maximum atomic E-state index is 14.6. The zero-order chi connectivity index (χ0) is 43.3. The first-order valence-electron chi connectivity index (χ1n) is 20.9. The molecule has 0 saturated heterocycles. The molecule has 12 nitrogen and oxygen atoms in total. The van der Waals surface area contributed by atoms with E-state index in [2.05, 4.69) is 71.8 Å². The van der Waals surface area contributed by atoms with Crippen molar-refractivity contribution in [3.05, 3.63) is 91.2 Å². The molecular weight excluding hydrogens is 747 g/mol. The van der Waals surface area contributed by atoms with E-state index in [0.717, 1.165) is 28.5 Å². The highest BCUT2D eigenvalue weighted by Crippen LogP contribution is 2.34. The van der Waals surface area contributed by atoms with Crippen LogP contribution in [0, 0.1) is 24.7 Å². The minimum Gasteiger partial charge on any atom is -0.493 e. The van der Waals surface area contributed by atoms with E-state index in [1.54, 1.807) is 32.9 Å². The number of hydrogen-bond acceptors (Lipinski definition) is 7. The maximum absolute atomic E-state index is 14.6. The number of primary amides is 1. The molecule has 3 aromatic rings. The first-order chi connectivity index (χ1) is 27.9. The van der Waals surface area contributed by atoms with Crippen LogP contribution in [-0.2, 0) is 35.3 Å². The summed E-state index contributed by atoms with van der Waals surface area (Å²) in [7, 11) is 0.